The van der Waals surface area contributed by atoms with Crippen molar-refractivity contribution in [2.75, 3.05) is 25.2 Å². The molecule has 0 radical (unpaired) electrons. The normalized spacial score (nSPS) is 15.9. The number of amides is 1. The summed E-state index contributed by atoms with van der Waals surface area (Å²) >= 11 is 1.10. The van der Waals surface area contributed by atoms with Gasteiger partial charge in [-0.3, -0.25) is 9.69 Å². The highest BCUT2D eigenvalue weighted by atomic mass is 32.1. The molecule has 9 nitrogen and oxygen atoms in total. The number of ether oxygens (including phenoxy) is 3. The van der Waals surface area contributed by atoms with Gasteiger partial charge in [0.05, 0.1) is 19.3 Å². The number of thiophene rings is 1. The number of aliphatic hydroxyl groups is 1. The van der Waals surface area contributed by atoms with Gasteiger partial charge in [0.25, 0.3) is 5.91 Å². The van der Waals surface area contributed by atoms with Gasteiger partial charge in [-0.2, -0.15) is 0 Å². The number of rotatable bonds is 8. The molecule has 3 rings (SSSR count). The van der Waals surface area contributed by atoms with Crippen LogP contribution in [0.2, 0.25) is 0 Å². The maximum Gasteiger partial charge on any atom is 0.348 e. The van der Waals surface area contributed by atoms with Crippen LogP contribution in [0.15, 0.2) is 24.3 Å². The maximum atomic E-state index is 13.8. The van der Waals surface area contributed by atoms with Crippen molar-refractivity contribution < 1.29 is 33.7 Å². The Hall–Kier alpha value is -3.11. The van der Waals surface area contributed by atoms with Gasteiger partial charge in [0, 0.05) is 6.54 Å². The van der Waals surface area contributed by atoms with Crippen LogP contribution in [-0.4, -0.2) is 65.6 Å². The van der Waals surface area contributed by atoms with E-state index >= 15 is 0 Å². The van der Waals surface area contributed by atoms with Crippen molar-refractivity contribution in [2.24, 2.45) is 0 Å². The fraction of sp³-hybridized carbons (Fsp3) is 0.519. The van der Waals surface area contributed by atoms with Crippen molar-refractivity contribution in [3.8, 4) is 5.75 Å². The van der Waals surface area contributed by atoms with E-state index in [9.17, 15) is 19.5 Å². The molecular formula is C27H36N2O7S. The van der Waals surface area contributed by atoms with Crippen LogP contribution in [0, 0.1) is 6.92 Å². The number of carbonyl (C=O) groups excluding carboxylic acids is 3. The Balaban J connectivity index is 2.10. The van der Waals surface area contributed by atoms with E-state index in [1.54, 1.807) is 60.5 Å². The second kappa shape index (κ2) is 10.7. The summed E-state index contributed by atoms with van der Waals surface area (Å²) in [5.41, 5.74) is -0.685. The summed E-state index contributed by atoms with van der Waals surface area (Å²) in [5.74, 6) is -1.05. The third-order valence-corrected chi connectivity index (χ3v) is 7.42. The molecule has 1 aliphatic rings. The smallest absolute Gasteiger partial charge is 0.348 e. The third-order valence-electron chi connectivity index (χ3n) is 6.11. The van der Waals surface area contributed by atoms with Gasteiger partial charge in [0.15, 0.2) is 0 Å². The second-order valence-electron chi connectivity index (χ2n) is 10.3. The molecular weight excluding hydrogens is 496 g/mol. The van der Waals surface area contributed by atoms with Crippen molar-refractivity contribution in [2.45, 2.75) is 72.4 Å². The van der Waals surface area contributed by atoms with Gasteiger partial charge in [0.2, 0.25) is 6.35 Å². The highest BCUT2D eigenvalue weighted by Crippen LogP contribution is 2.43. The molecule has 37 heavy (non-hydrogen) atoms. The Kier molecular flexibility index (Phi) is 8.24. The first kappa shape index (κ1) is 28.5. The molecule has 2 heterocycles. The predicted molar refractivity (Wildman–Crippen MR) is 141 cm³/mol. The minimum absolute atomic E-state index is 0.187. The molecule has 0 saturated heterocycles. The molecule has 0 saturated carbocycles. The van der Waals surface area contributed by atoms with Crippen LogP contribution < -0.4 is 9.64 Å². The number of nitrogens with zero attached hydrogens (tertiary/aromatic N) is 2. The molecule has 1 aromatic carbocycles. The summed E-state index contributed by atoms with van der Waals surface area (Å²) in [6.45, 7) is 12.1. The Labute approximate surface area is 221 Å². The lowest BCUT2D eigenvalue weighted by Gasteiger charge is -2.47. The van der Waals surface area contributed by atoms with Crippen molar-refractivity contribution in [3.63, 3.8) is 0 Å². The Morgan fingerprint density at radius 2 is 1.78 bits per heavy atom. The van der Waals surface area contributed by atoms with E-state index in [4.69, 9.17) is 14.2 Å². The number of esters is 2. The highest BCUT2D eigenvalue weighted by Gasteiger charge is 2.51. The van der Waals surface area contributed by atoms with Gasteiger partial charge in [-0.25, -0.2) is 9.59 Å². The summed E-state index contributed by atoms with van der Waals surface area (Å²) in [6, 6.07) is 7.54. The molecule has 0 aliphatic carbocycles. The van der Waals surface area contributed by atoms with E-state index in [0.29, 0.717) is 22.7 Å². The SMILES string of the molecule is CCOC(=O)c1sc2c(c1C)C(=O)N(C(C)(C)C(=O)OC(C)(C)C)C(O)N2CCc1ccccc1OC. The quantitative estimate of drug-likeness (QED) is 0.506. The number of hydrogen-bond acceptors (Lipinski definition) is 9. The minimum atomic E-state index is -1.51. The number of hydrogen-bond donors (Lipinski definition) is 1. The number of para-hydroxylation sites is 1. The van der Waals surface area contributed by atoms with E-state index in [1.165, 1.54) is 0 Å². The van der Waals surface area contributed by atoms with Crippen molar-refractivity contribution >= 4 is 34.2 Å². The number of anilines is 1. The largest absolute Gasteiger partial charge is 0.496 e. The molecule has 1 amide bonds. The molecule has 1 aliphatic heterocycles. The fourth-order valence-corrected chi connectivity index (χ4v) is 5.46. The van der Waals surface area contributed by atoms with Crippen LogP contribution in [0.4, 0.5) is 5.00 Å². The third kappa shape index (κ3) is 5.60. The Morgan fingerprint density at radius 1 is 1.14 bits per heavy atom. The van der Waals surface area contributed by atoms with Gasteiger partial charge in [-0.05, 0) is 72.1 Å². The summed E-state index contributed by atoms with van der Waals surface area (Å²) in [4.78, 5) is 42.8. The molecule has 0 spiro atoms. The van der Waals surface area contributed by atoms with Crippen molar-refractivity contribution in [3.05, 3.63) is 45.8 Å². The summed E-state index contributed by atoms with van der Waals surface area (Å²) in [5, 5.41) is 12.0. The molecule has 10 heteroatoms. The van der Waals surface area contributed by atoms with Gasteiger partial charge >= 0.3 is 11.9 Å². The number of fused-ring (bicyclic) bond motifs is 1. The molecule has 202 valence electrons. The van der Waals surface area contributed by atoms with Gasteiger partial charge in [0.1, 0.15) is 26.8 Å². The van der Waals surface area contributed by atoms with Crippen LogP contribution in [0.25, 0.3) is 0 Å². The van der Waals surface area contributed by atoms with E-state index in [1.807, 2.05) is 24.3 Å². The number of aliphatic hydroxyl groups excluding tert-OH is 1. The molecule has 0 bridgehead atoms. The van der Waals surface area contributed by atoms with Crippen LogP contribution in [0.5, 0.6) is 5.75 Å². The van der Waals surface area contributed by atoms with Crippen molar-refractivity contribution in [1.82, 2.24) is 4.90 Å². The first-order chi connectivity index (χ1) is 17.2. The average molecular weight is 533 g/mol. The zero-order valence-electron chi connectivity index (χ0n) is 22.7. The zero-order chi connectivity index (χ0) is 27.7. The molecule has 0 fully saturated rings. The van der Waals surface area contributed by atoms with Gasteiger partial charge in [-0.15, -0.1) is 11.3 Å². The summed E-state index contributed by atoms with van der Waals surface area (Å²) in [7, 11) is 1.59. The Bertz CT molecular complexity index is 1180. The van der Waals surface area contributed by atoms with Crippen LogP contribution in [-0.2, 0) is 20.7 Å². The molecule has 2 aromatic rings. The van der Waals surface area contributed by atoms with Crippen molar-refractivity contribution in [1.29, 1.82) is 0 Å². The first-order valence-corrected chi connectivity index (χ1v) is 13.0. The van der Waals surface area contributed by atoms with E-state index < -0.39 is 35.3 Å². The predicted octanol–water partition coefficient (Wildman–Crippen LogP) is 4.14. The van der Waals surface area contributed by atoms with E-state index in [-0.39, 0.29) is 23.6 Å². The lowest BCUT2D eigenvalue weighted by Crippen LogP contribution is -2.65. The Morgan fingerprint density at radius 3 is 2.38 bits per heavy atom. The lowest BCUT2D eigenvalue weighted by atomic mass is 9.98. The highest BCUT2D eigenvalue weighted by molar-refractivity contribution is 7.18. The van der Waals surface area contributed by atoms with Crippen LogP contribution in [0.3, 0.4) is 0 Å². The fourth-order valence-electron chi connectivity index (χ4n) is 4.22. The van der Waals surface area contributed by atoms with E-state index in [2.05, 4.69) is 0 Å². The summed E-state index contributed by atoms with van der Waals surface area (Å²) < 4.78 is 16.3. The number of benzene rings is 1. The molecule has 1 atom stereocenters. The maximum absolute atomic E-state index is 13.8. The first-order valence-electron chi connectivity index (χ1n) is 12.2. The lowest BCUT2D eigenvalue weighted by molar-refractivity contribution is -0.172. The topological polar surface area (TPSA) is 106 Å². The monoisotopic (exact) mass is 532 g/mol. The standard InChI is InChI=1S/C27H36N2O7S/c1-9-35-23(31)20-16(2)19-21(30)29(27(6,7)24(32)36-26(3,4)5)25(33)28(22(19)37-20)15-14-17-12-10-11-13-18(17)34-8/h10-13,25,33H,9,14-15H2,1-8H3. The van der Waals surface area contributed by atoms with Crippen LogP contribution >= 0.6 is 11.3 Å². The van der Waals surface area contributed by atoms with E-state index in [0.717, 1.165) is 21.8 Å². The molecule has 1 N–H and O–H groups in total. The van der Waals surface area contributed by atoms with Crippen LogP contribution in [0.1, 0.15) is 72.7 Å². The number of carbonyl (C=O) groups is 3. The van der Waals surface area contributed by atoms with Gasteiger partial charge < -0.3 is 24.2 Å². The molecule has 1 unspecified atom stereocenters. The summed E-state index contributed by atoms with van der Waals surface area (Å²) in [6.07, 6.45) is -1.01. The van der Waals surface area contributed by atoms with Gasteiger partial charge in [-0.1, -0.05) is 18.2 Å². The number of methoxy groups -OCH3 is 1. The molecule has 1 aromatic heterocycles. The minimum Gasteiger partial charge on any atom is -0.496 e. The average Bonchev–Trinajstić information content (AvgIpc) is 3.15. The second-order valence-corrected chi connectivity index (χ2v) is 11.3. The zero-order valence-corrected chi connectivity index (χ0v) is 23.5.